The second-order valence-corrected chi connectivity index (χ2v) is 20.9. The number of sulfonamides is 1. The largest absolute Gasteiger partial charge is 0.459 e. The number of esters is 1. The van der Waals surface area contributed by atoms with Crippen LogP contribution >= 0.6 is 0 Å². The number of aliphatic hydroxyl groups excluding tert-OH is 3. The van der Waals surface area contributed by atoms with Gasteiger partial charge in [-0.2, -0.15) is 0 Å². The van der Waals surface area contributed by atoms with Gasteiger partial charge in [0.15, 0.2) is 12.6 Å². The van der Waals surface area contributed by atoms with E-state index in [0.717, 1.165) is 5.56 Å². The summed E-state index contributed by atoms with van der Waals surface area (Å²) in [5.74, 6) is -4.59. The SMILES string of the molecule is CCC1OC(=O)[C@H](C)C(O[C@H]2C[C@@](C)(OC)[C@@H](O)[C@H](C)O2)[C@H](C)[C@@H](O[C@@H]2O[C@H](C)C[C@H](N(C)C)[C@H]2O)[C@](C)(O)C[C@@H](C)[C@H](NS(=O)(=O)c2ccc(C)cc2)[C@H](C)[C@@H](O)[C@]1(C)O. The molecule has 3 aliphatic heterocycles. The molecule has 61 heavy (non-hydrogen) atoms. The molecule has 0 aliphatic carbocycles. The number of cyclic esters (lactones) is 1. The maximum Gasteiger partial charge on any atom is 0.311 e. The Morgan fingerprint density at radius 1 is 0.902 bits per heavy atom. The Morgan fingerprint density at radius 2 is 1.51 bits per heavy atom. The number of likely N-dealkylation sites (N-methyl/N-ethyl adjacent to an activating group) is 1. The van der Waals surface area contributed by atoms with Gasteiger partial charge in [0.1, 0.15) is 23.9 Å². The van der Waals surface area contributed by atoms with Crippen LogP contribution in [0, 0.1) is 30.6 Å². The van der Waals surface area contributed by atoms with Crippen molar-refractivity contribution in [2.75, 3.05) is 21.2 Å². The summed E-state index contributed by atoms with van der Waals surface area (Å²) < 4.78 is 68.6. The van der Waals surface area contributed by atoms with Crippen LogP contribution in [0.5, 0.6) is 0 Å². The number of methoxy groups -OCH3 is 1. The molecule has 3 fully saturated rings. The first kappa shape index (κ1) is 51.8. The van der Waals surface area contributed by atoms with Gasteiger partial charge in [0, 0.05) is 37.5 Å². The second-order valence-electron chi connectivity index (χ2n) is 19.2. The number of aryl methyl sites for hydroxylation is 1. The van der Waals surface area contributed by atoms with E-state index >= 15 is 0 Å². The highest BCUT2D eigenvalue weighted by molar-refractivity contribution is 7.89. The average Bonchev–Trinajstić information content (AvgIpc) is 3.18. The molecular formula is C44H76N2O14S. The van der Waals surface area contributed by atoms with Gasteiger partial charge in [-0.05, 0) is 99.9 Å². The number of nitrogens with one attached hydrogen (secondary N) is 1. The molecule has 0 saturated carbocycles. The van der Waals surface area contributed by atoms with Crippen LogP contribution in [-0.2, 0) is 43.2 Å². The van der Waals surface area contributed by atoms with Gasteiger partial charge in [-0.1, -0.05) is 45.4 Å². The lowest BCUT2D eigenvalue weighted by molar-refractivity contribution is -0.318. The zero-order valence-electron chi connectivity index (χ0n) is 38.6. The van der Waals surface area contributed by atoms with Gasteiger partial charge >= 0.3 is 5.97 Å². The molecule has 3 aliphatic rings. The van der Waals surface area contributed by atoms with Crippen molar-refractivity contribution in [1.29, 1.82) is 0 Å². The van der Waals surface area contributed by atoms with E-state index in [9.17, 15) is 38.7 Å². The average molecular weight is 889 g/mol. The minimum atomic E-state index is -4.23. The zero-order chi connectivity index (χ0) is 46.2. The van der Waals surface area contributed by atoms with Crippen molar-refractivity contribution in [2.24, 2.45) is 23.7 Å². The number of aliphatic hydroxyl groups is 5. The van der Waals surface area contributed by atoms with Crippen LogP contribution in [-0.4, -0.2) is 156 Å². The fraction of sp³-hybridized carbons (Fsp3) is 0.841. The van der Waals surface area contributed by atoms with Crippen LogP contribution in [0.2, 0.25) is 0 Å². The van der Waals surface area contributed by atoms with Crippen LogP contribution < -0.4 is 4.72 Å². The zero-order valence-corrected chi connectivity index (χ0v) is 39.5. The van der Waals surface area contributed by atoms with E-state index in [1.165, 1.54) is 33.1 Å². The van der Waals surface area contributed by atoms with E-state index in [4.69, 9.17) is 28.4 Å². The highest BCUT2D eigenvalue weighted by Crippen LogP contribution is 2.41. The van der Waals surface area contributed by atoms with Crippen molar-refractivity contribution in [1.82, 2.24) is 9.62 Å². The van der Waals surface area contributed by atoms with E-state index in [0.29, 0.717) is 6.42 Å². The van der Waals surface area contributed by atoms with E-state index < -0.39 is 118 Å². The molecule has 0 radical (unpaired) electrons. The van der Waals surface area contributed by atoms with Crippen molar-refractivity contribution >= 4 is 16.0 Å². The highest BCUT2D eigenvalue weighted by atomic mass is 32.2. The highest BCUT2D eigenvalue weighted by Gasteiger charge is 2.54. The lowest BCUT2D eigenvalue weighted by Gasteiger charge is -2.49. The van der Waals surface area contributed by atoms with Crippen LogP contribution in [0.15, 0.2) is 29.2 Å². The van der Waals surface area contributed by atoms with Gasteiger partial charge in [-0.15, -0.1) is 0 Å². The topological polar surface area (TPSA) is 223 Å². The third kappa shape index (κ3) is 11.5. The molecule has 19 atom stereocenters. The maximum atomic E-state index is 14.4. The Kier molecular flexibility index (Phi) is 17.1. The van der Waals surface area contributed by atoms with Crippen molar-refractivity contribution in [3.05, 3.63) is 29.8 Å². The number of hydrogen-bond donors (Lipinski definition) is 6. The summed E-state index contributed by atoms with van der Waals surface area (Å²) in [6.07, 6.45) is -10.4. The maximum absolute atomic E-state index is 14.4. The molecule has 17 heteroatoms. The van der Waals surface area contributed by atoms with E-state index in [-0.39, 0.29) is 36.3 Å². The standard InChI is InChI=1S/C44H76N2O14S/c1-15-32-44(11,52)37(48)26(5)34(45-61(53,54)30-18-16-23(2)17-19-30)24(3)21-42(9,51)39(60-41-35(47)31(46(12)13)20-25(4)56-41)27(6)36(28(7)40(50)58-32)59-33-22-43(10,55-14)38(49)29(8)57-33/h16-19,24-29,31-39,41,45,47-49,51-52H,15,20-22H2,1-14H3/t24-,25-,26+,27+,28-,29+,31+,32?,33+,34+,35-,36?,37-,38+,39-,41+,42-,43-,44-/m1/s1. The Balaban J connectivity index is 1.91. The fourth-order valence-electron chi connectivity index (χ4n) is 9.79. The monoisotopic (exact) mass is 889 g/mol. The first-order chi connectivity index (χ1) is 28.1. The first-order valence-electron chi connectivity index (χ1n) is 21.7. The van der Waals surface area contributed by atoms with Crippen molar-refractivity contribution in [2.45, 2.75) is 197 Å². The molecule has 1 aromatic carbocycles. The molecule has 352 valence electrons. The Hall–Kier alpha value is -1.84. The minimum absolute atomic E-state index is 0.0153. The molecule has 1 aromatic rings. The van der Waals surface area contributed by atoms with Gasteiger partial charge in [-0.3, -0.25) is 4.79 Å². The molecule has 0 aromatic heterocycles. The van der Waals surface area contributed by atoms with Gasteiger partial charge in [0.25, 0.3) is 0 Å². The van der Waals surface area contributed by atoms with Crippen molar-refractivity contribution in [3.8, 4) is 0 Å². The van der Waals surface area contributed by atoms with Gasteiger partial charge in [-0.25, -0.2) is 13.1 Å². The Morgan fingerprint density at radius 3 is 2.07 bits per heavy atom. The molecule has 3 saturated heterocycles. The van der Waals surface area contributed by atoms with E-state index in [1.807, 2.05) is 32.8 Å². The fourth-order valence-corrected chi connectivity index (χ4v) is 11.2. The Labute approximate surface area is 363 Å². The second kappa shape index (κ2) is 20.1. The molecule has 16 nitrogen and oxygen atoms in total. The number of hydrogen-bond acceptors (Lipinski definition) is 15. The van der Waals surface area contributed by atoms with Gasteiger partial charge in [0.05, 0.1) is 52.5 Å². The molecule has 0 spiro atoms. The normalized spacial score (nSPS) is 45.0. The van der Waals surface area contributed by atoms with Crippen molar-refractivity contribution < 1.29 is 67.2 Å². The molecule has 4 rings (SSSR count). The number of carbonyl (C=O) groups is 1. The third-order valence-corrected chi connectivity index (χ3v) is 15.2. The number of benzene rings is 1. The first-order valence-corrected chi connectivity index (χ1v) is 23.2. The van der Waals surface area contributed by atoms with Crippen LogP contribution in [0.4, 0.5) is 0 Å². The van der Waals surface area contributed by atoms with Gasteiger partial charge < -0.3 is 58.9 Å². The summed E-state index contributed by atoms with van der Waals surface area (Å²) in [5, 5.41) is 59.7. The van der Waals surface area contributed by atoms with E-state index in [2.05, 4.69) is 4.72 Å². The number of nitrogens with zero attached hydrogens (tertiary/aromatic N) is 1. The summed E-state index contributed by atoms with van der Waals surface area (Å²) in [4.78, 5) is 16.3. The Bertz CT molecular complexity index is 1700. The quantitative estimate of drug-likeness (QED) is 0.186. The summed E-state index contributed by atoms with van der Waals surface area (Å²) in [7, 11) is 0.919. The number of carbonyl (C=O) groups excluding carboxylic acids is 1. The van der Waals surface area contributed by atoms with E-state index in [1.54, 1.807) is 60.6 Å². The van der Waals surface area contributed by atoms with Crippen LogP contribution in [0.1, 0.15) is 100 Å². The molecule has 2 unspecified atom stereocenters. The predicted octanol–water partition coefficient (Wildman–Crippen LogP) is 2.87. The molecular weight excluding hydrogens is 813 g/mol. The third-order valence-electron chi connectivity index (χ3n) is 13.7. The summed E-state index contributed by atoms with van der Waals surface area (Å²) >= 11 is 0. The molecule has 0 amide bonds. The lowest BCUT2D eigenvalue weighted by Crippen LogP contribution is -2.62. The lowest BCUT2D eigenvalue weighted by atomic mass is 9.72. The summed E-state index contributed by atoms with van der Waals surface area (Å²) in [5.41, 5.74) is -4.20. The van der Waals surface area contributed by atoms with Crippen LogP contribution in [0.25, 0.3) is 0 Å². The smallest absolute Gasteiger partial charge is 0.311 e. The summed E-state index contributed by atoms with van der Waals surface area (Å²) in [6.45, 7) is 18.3. The number of rotatable bonds is 10. The summed E-state index contributed by atoms with van der Waals surface area (Å²) in [6, 6.07) is 4.81. The molecule has 6 N–H and O–H groups in total. The molecule has 0 bridgehead atoms. The minimum Gasteiger partial charge on any atom is -0.459 e. The van der Waals surface area contributed by atoms with Gasteiger partial charge in [0.2, 0.25) is 10.0 Å². The van der Waals surface area contributed by atoms with Crippen LogP contribution in [0.3, 0.4) is 0 Å². The number of ether oxygens (including phenoxy) is 6. The van der Waals surface area contributed by atoms with Crippen molar-refractivity contribution in [3.63, 3.8) is 0 Å². The predicted molar refractivity (Wildman–Crippen MR) is 227 cm³/mol. The molecule has 3 heterocycles.